The number of rotatable bonds is 2. The van der Waals surface area contributed by atoms with Crippen LogP contribution in [0.1, 0.15) is 49.1 Å². The van der Waals surface area contributed by atoms with Crippen LogP contribution in [0.3, 0.4) is 0 Å². The Bertz CT molecular complexity index is 595. The van der Waals surface area contributed by atoms with Crippen LogP contribution in [0, 0.1) is 0 Å². The summed E-state index contributed by atoms with van der Waals surface area (Å²) >= 11 is 0. The Balaban J connectivity index is 1.40. The Labute approximate surface area is 144 Å². The van der Waals surface area contributed by atoms with Gasteiger partial charge in [0.25, 0.3) is 0 Å². The molecule has 0 aromatic heterocycles. The number of hydrogen-bond donors (Lipinski definition) is 1. The predicted octanol–water partition coefficient (Wildman–Crippen LogP) is 2.16. The van der Waals surface area contributed by atoms with Crippen molar-refractivity contribution in [3.63, 3.8) is 0 Å². The van der Waals surface area contributed by atoms with E-state index < -0.39 is 0 Å². The smallest absolute Gasteiger partial charge is 0.230 e. The summed E-state index contributed by atoms with van der Waals surface area (Å²) in [5.74, 6) is 0.368. The first kappa shape index (κ1) is 16.1. The van der Waals surface area contributed by atoms with Crippen LogP contribution >= 0.6 is 0 Å². The molecule has 1 N–H and O–H groups in total. The molecule has 0 radical (unpaired) electrons. The Kier molecular flexibility index (Phi) is 4.59. The van der Waals surface area contributed by atoms with Gasteiger partial charge in [0.15, 0.2) is 0 Å². The number of hydrogen-bond acceptors (Lipinski definition) is 3. The van der Waals surface area contributed by atoms with Crippen molar-refractivity contribution in [2.45, 2.75) is 56.6 Å². The molecule has 1 aromatic rings. The number of benzene rings is 1. The topological polar surface area (TPSA) is 43.8 Å². The Morgan fingerprint density at radius 2 is 1.79 bits per heavy atom. The number of piperazine rings is 1. The van der Waals surface area contributed by atoms with Crippen molar-refractivity contribution < 1.29 is 9.90 Å². The molecule has 0 spiro atoms. The van der Waals surface area contributed by atoms with Gasteiger partial charge in [-0.2, -0.15) is 0 Å². The highest BCUT2D eigenvalue weighted by Gasteiger charge is 2.35. The molecule has 1 aromatic carbocycles. The molecule has 1 amide bonds. The summed E-state index contributed by atoms with van der Waals surface area (Å²) in [5.41, 5.74) is 2.61. The standard InChI is InChI=1S/C20H28N2O2/c23-19-10-4-9-18(19)21-11-13-22(14-12-21)20(24)17-8-3-6-15-5-1-2-7-16(15)17/h1-2,5,7,17-19,23H,3-4,6,8-14H2/t17-,18+,19-/m1/s1. The SMILES string of the molecule is O=C([C@@H]1CCCc2ccccc21)N1CCN([C@H]2CCC[C@H]2O)CC1. The molecule has 3 aliphatic rings. The lowest BCUT2D eigenvalue weighted by molar-refractivity contribution is -0.135. The molecular formula is C20H28N2O2. The molecule has 3 atom stereocenters. The maximum Gasteiger partial charge on any atom is 0.230 e. The van der Waals surface area contributed by atoms with Crippen LogP contribution < -0.4 is 0 Å². The van der Waals surface area contributed by atoms with Crippen LogP contribution in [0.2, 0.25) is 0 Å². The number of aryl methyl sites for hydroxylation is 1. The monoisotopic (exact) mass is 328 g/mol. The Hall–Kier alpha value is -1.39. The van der Waals surface area contributed by atoms with E-state index in [0.29, 0.717) is 11.9 Å². The minimum atomic E-state index is -0.169. The van der Waals surface area contributed by atoms with Gasteiger partial charge in [-0.15, -0.1) is 0 Å². The summed E-state index contributed by atoms with van der Waals surface area (Å²) in [4.78, 5) is 17.5. The minimum Gasteiger partial charge on any atom is -0.391 e. The summed E-state index contributed by atoms with van der Waals surface area (Å²) in [6.07, 6.45) is 6.20. The largest absolute Gasteiger partial charge is 0.391 e. The third-order valence-electron chi connectivity index (χ3n) is 6.21. The second kappa shape index (κ2) is 6.85. The highest BCUT2D eigenvalue weighted by atomic mass is 16.3. The van der Waals surface area contributed by atoms with E-state index in [9.17, 15) is 9.90 Å². The van der Waals surface area contributed by atoms with Crippen LogP contribution in [-0.2, 0) is 11.2 Å². The van der Waals surface area contributed by atoms with Gasteiger partial charge in [0, 0.05) is 32.2 Å². The van der Waals surface area contributed by atoms with E-state index in [-0.39, 0.29) is 12.0 Å². The van der Waals surface area contributed by atoms with Crippen molar-refractivity contribution >= 4 is 5.91 Å². The fourth-order valence-electron chi connectivity index (χ4n) is 4.85. The molecule has 4 rings (SSSR count). The van der Waals surface area contributed by atoms with E-state index in [1.54, 1.807) is 0 Å². The summed E-state index contributed by atoms with van der Waals surface area (Å²) in [7, 11) is 0. The third-order valence-corrected chi connectivity index (χ3v) is 6.21. The second-order valence-electron chi connectivity index (χ2n) is 7.57. The number of carbonyl (C=O) groups excluding carboxylic acids is 1. The van der Waals surface area contributed by atoms with Crippen LogP contribution in [-0.4, -0.2) is 59.1 Å². The summed E-state index contributed by atoms with van der Waals surface area (Å²) in [5, 5.41) is 10.1. The zero-order chi connectivity index (χ0) is 16.5. The van der Waals surface area contributed by atoms with E-state index in [1.807, 2.05) is 0 Å². The number of carbonyl (C=O) groups is 1. The molecule has 130 valence electrons. The lowest BCUT2D eigenvalue weighted by Crippen LogP contribution is -2.54. The average molecular weight is 328 g/mol. The van der Waals surface area contributed by atoms with Gasteiger partial charge in [-0.1, -0.05) is 24.3 Å². The molecule has 0 bridgehead atoms. The molecule has 2 aliphatic carbocycles. The van der Waals surface area contributed by atoms with Gasteiger partial charge < -0.3 is 10.0 Å². The normalized spacial score (nSPS) is 31.0. The Morgan fingerprint density at radius 3 is 2.54 bits per heavy atom. The van der Waals surface area contributed by atoms with Crippen molar-refractivity contribution in [3.05, 3.63) is 35.4 Å². The predicted molar refractivity (Wildman–Crippen MR) is 93.9 cm³/mol. The van der Waals surface area contributed by atoms with E-state index in [4.69, 9.17) is 0 Å². The lowest BCUT2D eigenvalue weighted by Gasteiger charge is -2.40. The van der Waals surface area contributed by atoms with Crippen molar-refractivity contribution in [3.8, 4) is 0 Å². The maximum atomic E-state index is 13.1. The molecular weight excluding hydrogens is 300 g/mol. The fourth-order valence-corrected chi connectivity index (χ4v) is 4.85. The van der Waals surface area contributed by atoms with Crippen LogP contribution in [0.25, 0.3) is 0 Å². The highest BCUT2D eigenvalue weighted by Crippen LogP contribution is 2.33. The molecule has 2 fully saturated rings. The molecule has 1 saturated carbocycles. The zero-order valence-electron chi connectivity index (χ0n) is 14.4. The number of nitrogens with zero attached hydrogens (tertiary/aromatic N) is 2. The quantitative estimate of drug-likeness (QED) is 0.905. The van der Waals surface area contributed by atoms with Gasteiger partial charge in [-0.25, -0.2) is 0 Å². The summed E-state index contributed by atoms with van der Waals surface area (Å²) < 4.78 is 0. The minimum absolute atomic E-state index is 0.0542. The van der Waals surface area contributed by atoms with Gasteiger partial charge in [0.1, 0.15) is 0 Å². The fraction of sp³-hybridized carbons (Fsp3) is 0.650. The lowest BCUT2D eigenvalue weighted by atomic mass is 9.82. The van der Waals surface area contributed by atoms with Crippen molar-refractivity contribution in [1.82, 2.24) is 9.80 Å². The molecule has 0 unspecified atom stereocenters. The molecule has 1 heterocycles. The summed E-state index contributed by atoms with van der Waals surface area (Å²) in [6.45, 7) is 3.42. The first-order chi connectivity index (χ1) is 11.7. The Morgan fingerprint density at radius 1 is 1.00 bits per heavy atom. The van der Waals surface area contributed by atoms with Crippen molar-refractivity contribution in [2.24, 2.45) is 0 Å². The summed E-state index contributed by atoms with van der Waals surface area (Å²) in [6, 6.07) is 8.77. The van der Waals surface area contributed by atoms with Crippen LogP contribution in [0.15, 0.2) is 24.3 Å². The van der Waals surface area contributed by atoms with Crippen LogP contribution in [0.4, 0.5) is 0 Å². The van der Waals surface area contributed by atoms with E-state index in [2.05, 4.69) is 34.1 Å². The van der Waals surface area contributed by atoms with Gasteiger partial charge in [0.05, 0.1) is 12.0 Å². The van der Waals surface area contributed by atoms with E-state index in [1.165, 1.54) is 11.1 Å². The number of aliphatic hydroxyl groups excluding tert-OH is 1. The second-order valence-corrected chi connectivity index (χ2v) is 7.57. The first-order valence-electron chi connectivity index (χ1n) is 9.53. The number of aliphatic hydroxyl groups is 1. The molecule has 1 aliphatic heterocycles. The third kappa shape index (κ3) is 2.98. The molecule has 24 heavy (non-hydrogen) atoms. The van der Waals surface area contributed by atoms with Gasteiger partial charge in [-0.05, 0) is 49.7 Å². The highest BCUT2D eigenvalue weighted by molar-refractivity contribution is 5.84. The maximum absolute atomic E-state index is 13.1. The van der Waals surface area contributed by atoms with Gasteiger partial charge in [-0.3, -0.25) is 9.69 Å². The number of fused-ring (bicyclic) bond motifs is 1. The first-order valence-corrected chi connectivity index (χ1v) is 9.53. The zero-order valence-corrected chi connectivity index (χ0v) is 14.4. The van der Waals surface area contributed by atoms with Crippen LogP contribution in [0.5, 0.6) is 0 Å². The molecule has 4 heteroatoms. The van der Waals surface area contributed by atoms with E-state index >= 15 is 0 Å². The molecule has 4 nitrogen and oxygen atoms in total. The van der Waals surface area contributed by atoms with Crippen molar-refractivity contribution in [2.75, 3.05) is 26.2 Å². The van der Waals surface area contributed by atoms with Crippen molar-refractivity contribution in [1.29, 1.82) is 0 Å². The molecule has 1 saturated heterocycles. The average Bonchev–Trinajstić information content (AvgIpc) is 3.07. The van der Waals surface area contributed by atoms with E-state index in [0.717, 1.165) is 64.7 Å². The number of amides is 1. The van der Waals surface area contributed by atoms with Gasteiger partial charge >= 0.3 is 0 Å². The van der Waals surface area contributed by atoms with Gasteiger partial charge in [0.2, 0.25) is 5.91 Å².